The molecule has 0 bridgehead atoms. The maximum Gasteiger partial charge on any atom is 0.253 e. The highest BCUT2D eigenvalue weighted by molar-refractivity contribution is 5.83. The molecule has 29 heavy (non-hydrogen) atoms. The maximum atomic E-state index is 13.2. The van der Waals surface area contributed by atoms with Crippen molar-refractivity contribution in [3.8, 4) is 0 Å². The number of morpholine rings is 1. The minimum Gasteiger partial charge on any atom is -0.383 e. The molecule has 9 heteroatoms. The first-order valence-corrected chi connectivity index (χ1v) is 9.80. The molecule has 1 aliphatic rings. The van der Waals surface area contributed by atoms with E-state index < -0.39 is 0 Å². The van der Waals surface area contributed by atoms with Gasteiger partial charge < -0.3 is 14.5 Å². The number of fused-ring (bicyclic) bond motifs is 1. The lowest BCUT2D eigenvalue weighted by Gasteiger charge is -2.33. The number of benzene rings is 1. The lowest BCUT2D eigenvalue weighted by molar-refractivity contribution is 0.0211. The highest BCUT2D eigenvalue weighted by atomic mass is 16.5. The standard InChI is InChI=1S/C20H26N6O3/c1-13-4-5-15-12-16(20(27)21-17(15)14(13)2)18(25-6-10-29-11-7-25)19-22-23-24-26(19)8-9-28-3/h4-5,12,18H,6-11H2,1-3H3,(H,21,27)/t18-/m0/s1. The Morgan fingerprint density at radius 3 is 2.83 bits per heavy atom. The van der Waals surface area contributed by atoms with Gasteiger partial charge in [0.25, 0.3) is 5.56 Å². The number of aromatic amines is 1. The van der Waals surface area contributed by atoms with Crippen LogP contribution in [0.25, 0.3) is 10.9 Å². The Morgan fingerprint density at radius 1 is 1.28 bits per heavy atom. The van der Waals surface area contributed by atoms with Gasteiger partial charge in [-0.3, -0.25) is 9.69 Å². The minimum atomic E-state index is -0.361. The van der Waals surface area contributed by atoms with E-state index in [4.69, 9.17) is 9.47 Å². The quantitative estimate of drug-likeness (QED) is 0.666. The summed E-state index contributed by atoms with van der Waals surface area (Å²) in [5.41, 5.74) is 3.62. The van der Waals surface area contributed by atoms with Crippen molar-refractivity contribution in [3.63, 3.8) is 0 Å². The summed E-state index contributed by atoms with van der Waals surface area (Å²) in [6.45, 7) is 7.70. The number of aromatic nitrogens is 5. The van der Waals surface area contributed by atoms with Crippen molar-refractivity contribution in [3.05, 3.63) is 51.1 Å². The number of rotatable bonds is 6. The lowest BCUT2D eigenvalue weighted by Crippen LogP contribution is -2.42. The van der Waals surface area contributed by atoms with Gasteiger partial charge in [0.15, 0.2) is 5.82 Å². The summed E-state index contributed by atoms with van der Waals surface area (Å²) in [5, 5.41) is 13.3. The normalized spacial score (nSPS) is 16.4. The smallest absolute Gasteiger partial charge is 0.253 e. The third kappa shape index (κ3) is 3.81. The summed E-state index contributed by atoms with van der Waals surface area (Å²) in [5.74, 6) is 0.637. The molecule has 0 amide bonds. The number of methoxy groups -OCH3 is 1. The van der Waals surface area contributed by atoms with Crippen LogP contribution in [-0.2, 0) is 16.0 Å². The Balaban J connectivity index is 1.85. The fourth-order valence-electron chi connectivity index (χ4n) is 3.82. The van der Waals surface area contributed by atoms with Gasteiger partial charge in [-0.05, 0) is 46.9 Å². The van der Waals surface area contributed by atoms with Crippen LogP contribution in [0.15, 0.2) is 23.0 Å². The van der Waals surface area contributed by atoms with E-state index in [1.165, 1.54) is 0 Å². The third-order valence-electron chi connectivity index (χ3n) is 5.60. The fraction of sp³-hybridized carbons (Fsp3) is 0.500. The van der Waals surface area contributed by atoms with Crippen molar-refractivity contribution < 1.29 is 9.47 Å². The fourth-order valence-corrected chi connectivity index (χ4v) is 3.82. The van der Waals surface area contributed by atoms with Gasteiger partial charge in [0.05, 0.1) is 31.9 Å². The molecule has 1 aromatic carbocycles. The van der Waals surface area contributed by atoms with Crippen LogP contribution in [0.3, 0.4) is 0 Å². The average Bonchev–Trinajstić information content (AvgIpc) is 3.19. The molecule has 0 radical (unpaired) electrons. The van der Waals surface area contributed by atoms with Crippen LogP contribution in [0.5, 0.6) is 0 Å². The van der Waals surface area contributed by atoms with E-state index in [1.54, 1.807) is 11.8 Å². The van der Waals surface area contributed by atoms with Crippen LogP contribution in [0.4, 0.5) is 0 Å². The van der Waals surface area contributed by atoms with E-state index in [0.717, 1.165) is 22.0 Å². The number of nitrogens with zero attached hydrogens (tertiary/aromatic N) is 5. The van der Waals surface area contributed by atoms with Crippen molar-refractivity contribution in [1.29, 1.82) is 0 Å². The van der Waals surface area contributed by atoms with Crippen molar-refractivity contribution in [2.45, 2.75) is 26.4 Å². The average molecular weight is 398 g/mol. The Kier molecular flexibility index (Phi) is 5.70. The molecule has 3 heterocycles. The number of H-pyrrole nitrogens is 1. The summed E-state index contributed by atoms with van der Waals surface area (Å²) < 4.78 is 12.4. The van der Waals surface area contributed by atoms with Crippen LogP contribution in [-0.4, -0.2) is 70.1 Å². The monoisotopic (exact) mass is 398 g/mol. The first-order chi connectivity index (χ1) is 14.1. The molecule has 0 saturated carbocycles. The molecule has 2 aromatic heterocycles. The molecule has 0 spiro atoms. The number of aryl methyl sites for hydroxylation is 2. The molecular formula is C20H26N6O3. The van der Waals surface area contributed by atoms with E-state index in [9.17, 15) is 4.79 Å². The second-order valence-corrected chi connectivity index (χ2v) is 7.33. The molecule has 3 aromatic rings. The first-order valence-electron chi connectivity index (χ1n) is 9.80. The van der Waals surface area contributed by atoms with Crippen LogP contribution >= 0.6 is 0 Å². The van der Waals surface area contributed by atoms with Gasteiger partial charge in [0, 0.05) is 25.8 Å². The van der Waals surface area contributed by atoms with Gasteiger partial charge in [-0.25, -0.2) is 4.68 Å². The molecule has 154 valence electrons. The van der Waals surface area contributed by atoms with Crippen molar-refractivity contribution in [2.75, 3.05) is 40.0 Å². The largest absolute Gasteiger partial charge is 0.383 e. The SMILES string of the molecule is COCCn1nnnc1[C@H](c1cc2ccc(C)c(C)c2[nH]c1=O)N1CCOCC1. The zero-order valence-electron chi connectivity index (χ0n) is 17.0. The van der Waals surface area contributed by atoms with E-state index in [0.29, 0.717) is 50.8 Å². The summed E-state index contributed by atoms with van der Waals surface area (Å²) >= 11 is 0. The molecule has 1 atom stereocenters. The lowest BCUT2D eigenvalue weighted by atomic mass is 10.00. The second-order valence-electron chi connectivity index (χ2n) is 7.33. The highest BCUT2D eigenvalue weighted by Gasteiger charge is 2.31. The molecule has 0 unspecified atom stereocenters. The Hall–Kier alpha value is -2.62. The van der Waals surface area contributed by atoms with Crippen molar-refractivity contribution in [2.24, 2.45) is 0 Å². The number of hydrogen-bond acceptors (Lipinski definition) is 7. The Bertz CT molecular complexity index is 1050. The number of pyridine rings is 1. The van der Waals surface area contributed by atoms with E-state index in [1.807, 2.05) is 26.0 Å². The van der Waals surface area contributed by atoms with Crippen LogP contribution < -0.4 is 5.56 Å². The first kappa shape index (κ1) is 19.7. The van der Waals surface area contributed by atoms with Crippen LogP contribution in [0.1, 0.15) is 28.6 Å². The summed E-state index contributed by atoms with van der Waals surface area (Å²) in [6, 6.07) is 5.73. The van der Waals surface area contributed by atoms with Gasteiger partial charge in [-0.15, -0.1) is 5.10 Å². The number of ether oxygens (including phenoxy) is 2. The van der Waals surface area contributed by atoms with Crippen LogP contribution in [0.2, 0.25) is 0 Å². The molecular weight excluding hydrogens is 372 g/mol. The summed E-state index contributed by atoms with van der Waals surface area (Å²) in [7, 11) is 1.64. The molecule has 1 aliphatic heterocycles. The van der Waals surface area contributed by atoms with E-state index >= 15 is 0 Å². The summed E-state index contributed by atoms with van der Waals surface area (Å²) in [6.07, 6.45) is 0. The molecule has 1 fully saturated rings. The molecule has 1 N–H and O–H groups in total. The predicted molar refractivity (Wildman–Crippen MR) is 108 cm³/mol. The van der Waals surface area contributed by atoms with Gasteiger partial charge in [-0.1, -0.05) is 12.1 Å². The topological polar surface area (TPSA) is 98.2 Å². The molecule has 4 rings (SSSR count). The van der Waals surface area contributed by atoms with E-state index in [-0.39, 0.29) is 11.6 Å². The Morgan fingerprint density at radius 2 is 2.07 bits per heavy atom. The second kappa shape index (κ2) is 8.40. The minimum absolute atomic E-state index is 0.121. The van der Waals surface area contributed by atoms with Gasteiger partial charge in [-0.2, -0.15) is 0 Å². The maximum absolute atomic E-state index is 13.2. The van der Waals surface area contributed by atoms with Crippen molar-refractivity contribution in [1.82, 2.24) is 30.1 Å². The number of hydrogen-bond donors (Lipinski definition) is 1. The highest BCUT2D eigenvalue weighted by Crippen LogP contribution is 2.28. The van der Waals surface area contributed by atoms with Crippen LogP contribution in [0, 0.1) is 13.8 Å². The molecule has 1 saturated heterocycles. The van der Waals surface area contributed by atoms with Gasteiger partial charge in [0.1, 0.15) is 6.04 Å². The van der Waals surface area contributed by atoms with Gasteiger partial charge >= 0.3 is 0 Å². The third-order valence-corrected chi connectivity index (χ3v) is 5.60. The van der Waals surface area contributed by atoms with Gasteiger partial charge in [0.2, 0.25) is 0 Å². The number of nitrogens with one attached hydrogen (secondary N) is 1. The number of tetrazole rings is 1. The zero-order valence-corrected chi connectivity index (χ0v) is 17.0. The predicted octanol–water partition coefficient (Wildman–Crippen LogP) is 1.20. The van der Waals surface area contributed by atoms with Crippen molar-refractivity contribution >= 4 is 10.9 Å². The Labute approximate surface area is 168 Å². The molecule has 9 nitrogen and oxygen atoms in total. The van der Waals surface area contributed by atoms with E-state index in [2.05, 4.69) is 31.5 Å². The zero-order chi connectivity index (χ0) is 20.4. The summed E-state index contributed by atoms with van der Waals surface area (Å²) in [4.78, 5) is 18.5. The molecule has 0 aliphatic carbocycles.